The summed E-state index contributed by atoms with van der Waals surface area (Å²) >= 11 is 1.49. The Kier molecular flexibility index (Phi) is 3.48. The van der Waals surface area contributed by atoms with Crippen molar-refractivity contribution in [1.29, 1.82) is 0 Å². The lowest BCUT2D eigenvalue weighted by atomic mass is 10.2. The molecule has 1 atom stereocenters. The molecular weight excluding hydrogens is 262 g/mol. The van der Waals surface area contributed by atoms with E-state index in [4.69, 9.17) is 0 Å². The standard InChI is InChI=1S/C12H17N5OS/c1-9(10-6-17-12(15-10)19-8-13-17)14-11(18)7-16-4-2-3-5-16/h6,8-9H,2-5,7H2,1H3,(H,14,18)/t9-/m1/s1. The molecule has 102 valence electrons. The maximum atomic E-state index is 11.9. The van der Waals surface area contributed by atoms with Gasteiger partial charge in [0.1, 0.15) is 5.51 Å². The molecule has 1 aliphatic rings. The number of amides is 1. The van der Waals surface area contributed by atoms with Gasteiger partial charge in [-0.1, -0.05) is 11.3 Å². The molecule has 0 bridgehead atoms. The van der Waals surface area contributed by atoms with Crippen LogP contribution in [0.15, 0.2) is 11.7 Å². The van der Waals surface area contributed by atoms with E-state index in [-0.39, 0.29) is 11.9 Å². The van der Waals surface area contributed by atoms with E-state index in [1.807, 2.05) is 13.1 Å². The third-order valence-corrected chi connectivity index (χ3v) is 4.08. The van der Waals surface area contributed by atoms with Gasteiger partial charge in [-0.2, -0.15) is 5.10 Å². The topological polar surface area (TPSA) is 62.5 Å². The van der Waals surface area contributed by atoms with Crippen molar-refractivity contribution in [3.63, 3.8) is 0 Å². The van der Waals surface area contributed by atoms with Crippen LogP contribution in [0.4, 0.5) is 0 Å². The maximum Gasteiger partial charge on any atom is 0.234 e. The van der Waals surface area contributed by atoms with E-state index < -0.39 is 0 Å². The van der Waals surface area contributed by atoms with Crippen molar-refractivity contribution in [2.75, 3.05) is 19.6 Å². The molecule has 1 N–H and O–H groups in total. The minimum Gasteiger partial charge on any atom is -0.347 e. The molecule has 1 saturated heterocycles. The van der Waals surface area contributed by atoms with Crippen LogP contribution in [-0.4, -0.2) is 45.0 Å². The number of aromatic nitrogens is 3. The molecule has 0 radical (unpaired) electrons. The first-order chi connectivity index (χ1) is 9.22. The van der Waals surface area contributed by atoms with Gasteiger partial charge in [-0.05, 0) is 32.9 Å². The first-order valence-corrected chi connectivity index (χ1v) is 7.41. The minimum atomic E-state index is -0.0796. The van der Waals surface area contributed by atoms with Crippen molar-refractivity contribution >= 4 is 22.2 Å². The monoisotopic (exact) mass is 279 g/mol. The smallest absolute Gasteiger partial charge is 0.234 e. The van der Waals surface area contributed by atoms with Gasteiger partial charge in [-0.15, -0.1) is 0 Å². The molecule has 7 heteroatoms. The van der Waals surface area contributed by atoms with Crippen LogP contribution in [0.1, 0.15) is 31.5 Å². The molecule has 6 nitrogen and oxygen atoms in total. The summed E-state index contributed by atoms with van der Waals surface area (Å²) in [5, 5.41) is 7.13. The zero-order valence-electron chi connectivity index (χ0n) is 10.9. The first-order valence-electron chi connectivity index (χ1n) is 6.53. The average Bonchev–Trinajstić information content (AvgIpc) is 3.02. The van der Waals surface area contributed by atoms with Crippen molar-refractivity contribution in [2.24, 2.45) is 0 Å². The second-order valence-electron chi connectivity index (χ2n) is 4.90. The highest BCUT2D eigenvalue weighted by molar-refractivity contribution is 7.14. The van der Waals surface area contributed by atoms with E-state index in [0.717, 1.165) is 23.7 Å². The van der Waals surface area contributed by atoms with Gasteiger partial charge in [0.25, 0.3) is 0 Å². The molecule has 19 heavy (non-hydrogen) atoms. The van der Waals surface area contributed by atoms with Gasteiger partial charge in [-0.3, -0.25) is 9.69 Å². The fourth-order valence-electron chi connectivity index (χ4n) is 2.37. The zero-order valence-corrected chi connectivity index (χ0v) is 11.7. The quantitative estimate of drug-likeness (QED) is 0.909. The molecule has 0 aromatic carbocycles. The molecule has 0 spiro atoms. The second kappa shape index (κ2) is 5.26. The van der Waals surface area contributed by atoms with Gasteiger partial charge < -0.3 is 5.32 Å². The summed E-state index contributed by atoms with van der Waals surface area (Å²) < 4.78 is 1.74. The Hall–Kier alpha value is -1.47. The molecule has 3 rings (SSSR count). The number of hydrogen-bond acceptors (Lipinski definition) is 5. The fourth-order valence-corrected chi connectivity index (χ4v) is 2.98. The van der Waals surface area contributed by atoms with E-state index in [1.165, 1.54) is 24.2 Å². The number of nitrogens with one attached hydrogen (secondary N) is 1. The normalized spacial score (nSPS) is 17.9. The van der Waals surface area contributed by atoms with Crippen molar-refractivity contribution in [3.05, 3.63) is 17.4 Å². The van der Waals surface area contributed by atoms with Crippen molar-refractivity contribution in [2.45, 2.75) is 25.8 Å². The zero-order chi connectivity index (χ0) is 13.2. The highest BCUT2D eigenvalue weighted by Gasteiger charge is 2.18. The minimum absolute atomic E-state index is 0.0683. The Morgan fingerprint density at radius 1 is 1.53 bits per heavy atom. The molecule has 2 aromatic rings. The molecule has 2 aromatic heterocycles. The van der Waals surface area contributed by atoms with E-state index >= 15 is 0 Å². The third-order valence-electron chi connectivity index (χ3n) is 3.39. The molecule has 1 amide bonds. The molecule has 1 aliphatic heterocycles. The summed E-state index contributed by atoms with van der Waals surface area (Å²) in [5.74, 6) is 0.0683. The van der Waals surface area contributed by atoms with Crippen molar-refractivity contribution in [1.82, 2.24) is 24.8 Å². The van der Waals surface area contributed by atoms with Crippen LogP contribution in [0.2, 0.25) is 0 Å². The molecule has 0 unspecified atom stereocenters. The summed E-state index contributed by atoms with van der Waals surface area (Å²) in [5.41, 5.74) is 2.61. The van der Waals surface area contributed by atoms with Crippen molar-refractivity contribution in [3.8, 4) is 0 Å². The molecule has 3 heterocycles. The van der Waals surface area contributed by atoms with Crippen LogP contribution in [0.5, 0.6) is 0 Å². The average molecular weight is 279 g/mol. The number of imidazole rings is 1. The van der Waals surface area contributed by atoms with Crippen LogP contribution < -0.4 is 5.32 Å². The van der Waals surface area contributed by atoms with Crippen molar-refractivity contribution < 1.29 is 4.79 Å². The predicted molar refractivity (Wildman–Crippen MR) is 73.1 cm³/mol. The highest BCUT2D eigenvalue weighted by Crippen LogP contribution is 2.15. The van der Waals surface area contributed by atoms with Crippen LogP contribution in [0.3, 0.4) is 0 Å². The summed E-state index contributed by atoms with van der Waals surface area (Å²) in [7, 11) is 0. The Bertz CT molecular complexity index is 543. The number of carbonyl (C=O) groups excluding carboxylic acids is 1. The Morgan fingerprint density at radius 3 is 3.05 bits per heavy atom. The molecule has 0 aliphatic carbocycles. The summed E-state index contributed by atoms with van der Waals surface area (Å²) in [6.07, 6.45) is 4.27. The van der Waals surface area contributed by atoms with Crippen LogP contribution in [0.25, 0.3) is 4.96 Å². The lowest BCUT2D eigenvalue weighted by Crippen LogP contribution is -2.37. The number of carbonyl (C=O) groups is 1. The van der Waals surface area contributed by atoms with Gasteiger partial charge in [-0.25, -0.2) is 9.50 Å². The second-order valence-corrected chi connectivity index (χ2v) is 5.72. The van der Waals surface area contributed by atoms with Gasteiger partial charge in [0.05, 0.1) is 24.5 Å². The summed E-state index contributed by atoms with van der Waals surface area (Å²) in [6, 6.07) is -0.0796. The molecule has 0 saturated carbocycles. The van der Waals surface area contributed by atoms with E-state index in [1.54, 1.807) is 10.0 Å². The lowest BCUT2D eigenvalue weighted by molar-refractivity contribution is -0.122. The highest BCUT2D eigenvalue weighted by atomic mass is 32.1. The number of likely N-dealkylation sites (tertiary alicyclic amines) is 1. The van der Waals surface area contributed by atoms with Gasteiger partial charge in [0.15, 0.2) is 0 Å². The predicted octanol–water partition coefficient (Wildman–Crippen LogP) is 1.06. The summed E-state index contributed by atoms with van der Waals surface area (Å²) in [6.45, 7) is 4.51. The number of fused-ring (bicyclic) bond motifs is 1. The van der Waals surface area contributed by atoms with Gasteiger partial charge in [0, 0.05) is 0 Å². The number of hydrogen-bond donors (Lipinski definition) is 1. The SMILES string of the molecule is C[C@@H](NC(=O)CN1CCCC1)c1cn2ncsc2n1. The van der Waals surface area contributed by atoms with Crippen LogP contribution >= 0.6 is 11.3 Å². The summed E-state index contributed by atoms with van der Waals surface area (Å²) in [4.78, 5) is 19.4. The van der Waals surface area contributed by atoms with Crippen LogP contribution in [-0.2, 0) is 4.79 Å². The maximum absolute atomic E-state index is 11.9. The van der Waals surface area contributed by atoms with E-state index in [9.17, 15) is 4.79 Å². The van der Waals surface area contributed by atoms with E-state index in [0.29, 0.717) is 6.54 Å². The molecular formula is C12H17N5OS. The lowest BCUT2D eigenvalue weighted by Gasteiger charge is -2.16. The van der Waals surface area contributed by atoms with Gasteiger partial charge in [0.2, 0.25) is 10.9 Å². The third kappa shape index (κ3) is 2.76. The fraction of sp³-hybridized carbons (Fsp3) is 0.583. The molecule has 1 fully saturated rings. The Morgan fingerprint density at radius 2 is 2.32 bits per heavy atom. The first kappa shape index (κ1) is 12.6. The Balaban J connectivity index is 1.59. The Labute approximate surface area is 115 Å². The van der Waals surface area contributed by atoms with Gasteiger partial charge >= 0.3 is 0 Å². The number of nitrogens with zero attached hydrogens (tertiary/aromatic N) is 4. The number of rotatable bonds is 4. The van der Waals surface area contributed by atoms with E-state index in [2.05, 4.69) is 20.3 Å². The van der Waals surface area contributed by atoms with Crippen LogP contribution in [0, 0.1) is 0 Å². The largest absolute Gasteiger partial charge is 0.347 e.